The molecule has 8 nitrogen and oxygen atoms in total. The number of aromatic nitrogens is 4. The van der Waals surface area contributed by atoms with E-state index < -0.39 is 6.04 Å². The first kappa shape index (κ1) is 20.0. The van der Waals surface area contributed by atoms with Crippen LogP contribution >= 0.6 is 11.3 Å². The molecular formula is C23H20N6O2S. The number of fused-ring (bicyclic) bond motifs is 1. The Kier molecular flexibility index (Phi) is 5.16. The number of para-hydroxylation sites is 2. The fourth-order valence-corrected chi connectivity index (χ4v) is 4.40. The highest BCUT2D eigenvalue weighted by Crippen LogP contribution is 2.37. The highest BCUT2D eigenvalue weighted by molar-refractivity contribution is 7.13. The lowest BCUT2D eigenvalue weighted by atomic mass is 9.96. The van der Waals surface area contributed by atoms with Crippen LogP contribution in [-0.2, 0) is 4.79 Å². The number of benzene rings is 1. The normalized spacial score (nSPS) is 15.1. The van der Waals surface area contributed by atoms with E-state index >= 15 is 0 Å². The van der Waals surface area contributed by atoms with Gasteiger partial charge in [-0.05, 0) is 48.2 Å². The van der Waals surface area contributed by atoms with Crippen molar-refractivity contribution in [3.8, 4) is 16.5 Å². The zero-order valence-corrected chi connectivity index (χ0v) is 18.3. The number of ether oxygens (including phenoxy) is 1. The van der Waals surface area contributed by atoms with Gasteiger partial charge in [-0.15, -0.1) is 16.4 Å². The molecule has 0 saturated carbocycles. The zero-order chi connectivity index (χ0) is 22.1. The third-order valence-electron chi connectivity index (χ3n) is 5.22. The SMILES string of the molecule is COc1ccccc1NC(=O)C1=C(C)Nc2nc(-c3cccs3)nn2C1c1ccncc1. The predicted molar refractivity (Wildman–Crippen MR) is 124 cm³/mol. The molecule has 1 aromatic carbocycles. The van der Waals surface area contributed by atoms with E-state index in [-0.39, 0.29) is 5.91 Å². The molecule has 3 aromatic heterocycles. The zero-order valence-electron chi connectivity index (χ0n) is 17.4. The maximum atomic E-state index is 13.5. The van der Waals surface area contributed by atoms with Crippen LogP contribution in [-0.4, -0.2) is 32.8 Å². The van der Waals surface area contributed by atoms with Crippen molar-refractivity contribution in [2.45, 2.75) is 13.0 Å². The molecular weight excluding hydrogens is 424 g/mol. The molecule has 0 saturated heterocycles. The third-order valence-corrected chi connectivity index (χ3v) is 6.08. The van der Waals surface area contributed by atoms with E-state index in [9.17, 15) is 4.79 Å². The Bertz CT molecular complexity index is 1300. The summed E-state index contributed by atoms with van der Waals surface area (Å²) in [5.74, 6) is 1.53. The summed E-state index contributed by atoms with van der Waals surface area (Å²) in [5.41, 5.74) is 2.72. The lowest BCUT2D eigenvalue weighted by Gasteiger charge is -2.28. The summed E-state index contributed by atoms with van der Waals surface area (Å²) in [6.07, 6.45) is 3.42. The van der Waals surface area contributed by atoms with Gasteiger partial charge in [0.1, 0.15) is 11.8 Å². The van der Waals surface area contributed by atoms with Gasteiger partial charge in [0.2, 0.25) is 5.95 Å². The second kappa shape index (κ2) is 8.27. The van der Waals surface area contributed by atoms with Crippen LogP contribution in [0.3, 0.4) is 0 Å². The van der Waals surface area contributed by atoms with Gasteiger partial charge in [-0.1, -0.05) is 18.2 Å². The fraction of sp³-hybridized carbons (Fsp3) is 0.130. The predicted octanol–water partition coefficient (Wildman–Crippen LogP) is 4.34. The number of carbonyl (C=O) groups is 1. The molecule has 0 spiro atoms. The van der Waals surface area contributed by atoms with Crippen LogP contribution < -0.4 is 15.4 Å². The molecule has 0 fully saturated rings. The van der Waals surface area contributed by atoms with Crippen molar-refractivity contribution in [1.29, 1.82) is 0 Å². The van der Waals surface area contributed by atoms with Gasteiger partial charge in [0.25, 0.3) is 5.91 Å². The molecule has 9 heteroatoms. The number of nitrogens with zero attached hydrogens (tertiary/aromatic N) is 4. The summed E-state index contributed by atoms with van der Waals surface area (Å²) in [5, 5.41) is 13.0. The first-order chi connectivity index (χ1) is 15.7. The van der Waals surface area contributed by atoms with Gasteiger partial charge in [-0.25, -0.2) is 4.68 Å². The summed E-state index contributed by atoms with van der Waals surface area (Å²) >= 11 is 1.57. The van der Waals surface area contributed by atoms with Gasteiger partial charge in [-0.3, -0.25) is 9.78 Å². The minimum atomic E-state index is -0.467. The summed E-state index contributed by atoms with van der Waals surface area (Å²) in [7, 11) is 1.57. The number of anilines is 2. The Morgan fingerprint density at radius 2 is 1.97 bits per heavy atom. The van der Waals surface area contributed by atoms with Crippen LogP contribution in [0, 0.1) is 0 Å². The third kappa shape index (κ3) is 3.52. The van der Waals surface area contributed by atoms with Gasteiger partial charge in [-0.2, -0.15) is 4.98 Å². The molecule has 160 valence electrons. The highest BCUT2D eigenvalue weighted by Gasteiger charge is 2.34. The molecule has 4 aromatic rings. The second-order valence-electron chi connectivity index (χ2n) is 7.18. The molecule has 1 unspecified atom stereocenters. The highest BCUT2D eigenvalue weighted by atomic mass is 32.1. The van der Waals surface area contributed by atoms with Gasteiger partial charge >= 0.3 is 0 Å². The monoisotopic (exact) mass is 444 g/mol. The van der Waals surface area contributed by atoms with Crippen molar-refractivity contribution in [2.24, 2.45) is 0 Å². The van der Waals surface area contributed by atoms with Crippen molar-refractivity contribution in [3.05, 3.63) is 83.1 Å². The van der Waals surface area contributed by atoms with E-state index in [0.29, 0.717) is 34.5 Å². The summed E-state index contributed by atoms with van der Waals surface area (Å²) in [4.78, 5) is 23.3. The van der Waals surface area contributed by atoms with Crippen LogP contribution in [0.4, 0.5) is 11.6 Å². The van der Waals surface area contributed by atoms with Crippen molar-refractivity contribution < 1.29 is 9.53 Å². The molecule has 0 aliphatic carbocycles. The smallest absolute Gasteiger partial charge is 0.255 e. The van der Waals surface area contributed by atoms with E-state index in [1.165, 1.54) is 0 Å². The molecule has 4 heterocycles. The molecule has 1 aliphatic rings. The molecule has 32 heavy (non-hydrogen) atoms. The van der Waals surface area contributed by atoms with E-state index in [0.717, 1.165) is 10.4 Å². The molecule has 1 aliphatic heterocycles. The Morgan fingerprint density at radius 3 is 2.72 bits per heavy atom. The van der Waals surface area contributed by atoms with E-state index in [2.05, 4.69) is 20.6 Å². The number of allylic oxidation sites excluding steroid dienone is 1. The number of hydrogen-bond donors (Lipinski definition) is 2. The minimum Gasteiger partial charge on any atom is -0.495 e. The number of carbonyl (C=O) groups excluding carboxylic acids is 1. The number of rotatable bonds is 5. The van der Waals surface area contributed by atoms with E-state index in [1.54, 1.807) is 47.7 Å². The molecule has 0 bridgehead atoms. The maximum absolute atomic E-state index is 13.5. The lowest BCUT2D eigenvalue weighted by Crippen LogP contribution is -2.31. The number of nitrogens with one attached hydrogen (secondary N) is 2. The fourth-order valence-electron chi connectivity index (χ4n) is 3.75. The number of pyridine rings is 1. The van der Waals surface area contributed by atoms with Crippen molar-refractivity contribution in [3.63, 3.8) is 0 Å². The number of thiophene rings is 1. The number of amides is 1. The number of hydrogen-bond acceptors (Lipinski definition) is 7. The van der Waals surface area contributed by atoms with Crippen LogP contribution in [0.2, 0.25) is 0 Å². The first-order valence-electron chi connectivity index (χ1n) is 9.98. The van der Waals surface area contributed by atoms with Gasteiger partial charge in [0.15, 0.2) is 5.82 Å². The molecule has 1 amide bonds. The summed E-state index contributed by atoms with van der Waals surface area (Å²) in [6, 6.07) is 14.6. The molecule has 2 N–H and O–H groups in total. The van der Waals surface area contributed by atoms with Gasteiger partial charge < -0.3 is 15.4 Å². The van der Waals surface area contributed by atoms with Crippen molar-refractivity contribution in [1.82, 2.24) is 19.7 Å². The number of methoxy groups -OCH3 is 1. The Balaban J connectivity index is 1.59. The maximum Gasteiger partial charge on any atom is 0.255 e. The Morgan fingerprint density at radius 1 is 1.16 bits per heavy atom. The van der Waals surface area contributed by atoms with Crippen LogP contribution in [0.5, 0.6) is 5.75 Å². The first-order valence-corrected chi connectivity index (χ1v) is 10.9. The van der Waals surface area contributed by atoms with Gasteiger partial charge in [0, 0.05) is 18.1 Å². The average Bonchev–Trinajstić information content (AvgIpc) is 3.49. The minimum absolute atomic E-state index is 0.250. The average molecular weight is 445 g/mol. The topological polar surface area (TPSA) is 94.0 Å². The molecule has 5 rings (SSSR count). The van der Waals surface area contributed by atoms with Crippen LogP contribution in [0.1, 0.15) is 18.5 Å². The van der Waals surface area contributed by atoms with E-state index in [4.69, 9.17) is 9.84 Å². The quantitative estimate of drug-likeness (QED) is 0.476. The van der Waals surface area contributed by atoms with Crippen LogP contribution in [0.15, 0.2) is 77.6 Å². The largest absolute Gasteiger partial charge is 0.495 e. The van der Waals surface area contributed by atoms with Gasteiger partial charge in [0.05, 0.1) is 23.2 Å². The summed E-state index contributed by atoms with van der Waals surface area (Å²) < 4.78 is 7.15. The van der Waals surface area contributed by atoms with Crippen molar-refractivity contribution in [2.75, 3.05) is 17.7 Å². The molecule has 0 radical (unpaired) electrons. The Hall–Kier alpha value is -3.98. The second-order valence-corrected chi connectivity index (χ2v) is 8.13. The lowest BCUT2D eigenvalue weighted by molar-refractivity contribution is -0.113. The van der Waals surface area contributed by atoms with E-state index in [1.807, 2.05) is 48.7 Å². The van der Waals surface area contributed by atoms with Crippen LogP contribution in [0.25, 0.3) is 10.7 Å². The Labute approximate surface area is 188 Å². The van der Waals surface area contributed by atoms with Crippen molar-refractivity contribution >= 4 is 28.9 Å². The standard InChI is InChI=1S/C23H20N6O2S/c1-14-19(22(30)26-16-6-3-4-7-17(16)31-2)20(15-9-11-24-12-10-15)29-23(25-14)27-21(28-29)18-8-5-13-32-18/h3-13,20H,1-2H3,(H,26,30)(H,25,27,28). The molecule has 1 atom stereocenters. The summed E-state index contributed by atoms with van der Waals surface area (Å²) in [6.45, 7) is 1.87.